The summed E-state index contributed by atoms with van der Waals surface area (Å²) in [5.41, 5.74) is 1.17. The summed E-state index contributed by atoms with van der Waals surface area (Å²) in [6.07, 6.45) is 1.38. The normalized spacial score (nSPS) is 23.9. The molecule has 0 bridgehead atoms. The van der Waals surface area contributed by atoms with Crippen LogP contribution < -0.4 is 10.1 Å². The van der Waals surface area contributed by atoms with Crippen molar-refractivity contribution < 1.29 is 9.47 Å². The fourth-order valence-corrected chi connectivity index (χ4v) is 2.53. The molecule has 0 amide bonds. The summed E-state index contributed by atoms with van der Waals surface area (Å²) in [5.74, 6) is 0.923. The van der Waals surface area contributed by atoms with Crippen molar-refractivity contribution in [2.45, 2.75) is 32.0 Å². The van der Waals surface area contributed by atoms with Gasteiger partial charge < -0.3 is 14.8 Å². The van der Waals surface area contributed by atoms with Crippen LogP contribution in [0.25, 0.3) is 0 Å². The van der Waals surface area contributed by atoms with Crippen molar-refractivity contribution in [2.24, 2.45) is 0 Å². The number of nitrogens with one attached hydrogen (secondary N) is 1. The molecule has 2 atom stereocenters. The molecule has 1 saturated heterocycles. The van der Waals surface area contributed by atoms with E-state index in [0.717, 1.165) is 29.8 Å². The summed E-state index contributed by atoms with van der Waals surface area (Å²) < 4.78 is 12.0. The van der Waals surface area contributed by atoms with Crippen molar-refractivity contribution in [3.63, 3.8) is 0 Å². The second kappa shape index (κ2) is 5.85. The van der Waals surface area contributed by atoms with Gasteiger partial charge in [-0.15, -0.1) is 0 Å². The maximum Gasteiger partial charge on any atom is 0.123 e. The number of halogens is 1. The fourth-order valence-electron chi connectivity index (χ4n) is 2.13. The summed E-state index contributed by atoms with van der Waals surface area (Å²) >= 11 is 3.48. The van der Waals surface area contributed by atoms with Crippen LogP contribution >= 0.6 is 15.9 Å². The van der Waals surface area contributed by atoms with E-state index in [2.05, 4.69) is 34.2 Å². The smallest absolute Gasteiger partial charge is 0.123 e. The highest BCUT2D eigenvalue weighted by molar-refractivity contribution is 9.10. The zero-order chi connectivity index (χ0) is 12.3. The fraction of sp³-hybridized carbons (Fsp3) is 0.538. The van der Waals surface area contributed by atoms with E-state index in [4.69, 9.17) is 9.47 Å². The van der Waals surface area contributed by atoms with E-state index in [1.165, 1.54) is 5.56 Å². The van der Waals surface area contributed by atoms with Gasteiger partial charge >= 0.3 is 0 Å². The van der Waals surface area contributed by atoms with Crippen molar-refractivity contribution in [1.29, 1.82) is 0 Å². The van der Waals surface area contributed by atoms with Gasteiger partial charge in [0.15, 0.2) is 0 Å². The van der Waals surface area contributed by atoms with Crippen LogP contribution in [0.4, 0.5) is 0 Å². The Morgan fingerprint density at radius 2 is 2.35 bits per heavy atom. The molecule has 1 aliphatic heterocycles. The third-order valence-electron chi connectivity index (χ3n) is 3.17. The molecule has 1 fully saturated rings. The number of ether oxygens (including phenoxy) is 2. The molecule has 1 aromatic rings. The van der Waals surface area contributed by atoms with Crippen LogP contribution in [0.5, 0.6) is 5.75 Å². The topological polar surface area (TPSA) is 30.5 Å². The molecule has 0 aromatic heterocycles. The van der Waals surface area contributed by atoms with Gasteiger partial charge in [0.25, 0.3) is 0 Å². The first-order chi connectivity index (χ1) is 8.20. The minimum Gasteiger partial charge on any atom is -0.496 e. The molecule has 2 unspecified atom stereocenters. The van der Waals surface area contributed by atoms with Crippen LogP contribution in [0.1, 0.15) is 18.9 Å². The van der Waals surface area contributed by atoms with E-state index in [1.54, 1.807) is 7.11 Å². The van der Waals surface area contributed by atoms with E-state index in [1.807, 2.05) is 12.1 Å². The molecule has 1 aromatic carbocycles. The molecule has 1 aliphatic rings. The standard InChI is InChI=1S/C13H18BrNO2/c1-9-12(5-6-17-9)15-8-10-7-11(14)3-4-13(10)16-2/h3-4,7,9,12,15H,5-6,8H2,1-2H3. The second-order valence-electron chi connectivity index (χ2n) is 4.31. The largest absolute Gasteiger partial charge is 0.496 e. The Morgan fingerprint density at radius 1 is 1.53 bits per heavy atom. The average molecular weight is 300 g/mol. The Morgan fingerprint density at radius 3 is 3.00 bits per heavy atom. The van der Waals surface area contributed by atoms with Gasteiger partial charge in [-0.05, 0) is 31.5 Å². The highest BCUT2D eigenvalue weighted by atomic mass is 79.9. The zero-order valence-electron chi connectivity index (χ0n) is 10.2. The van der Waals surface area contributed by atoms with Gasteiger partial charge in [0, 0.05) is 29.2 Å². The molecule has 4 heteroatoms. The number of hydrogen-bond acceptors (Lipinski definition) is 3. The summed E-state index contributed by atoms with van der Waals surface area (Å²) in [4.78, 5) is 0. The molecule has 94 valence electrons. The lowest BCUT2D eigenvalue weighted by molar-refractivity contribution is 0.113. The highest BCUT2D eigenvalue weighted by Crippen LogP contribution is 2.23. The van der Waals surface area contributed by atoms with Crippen LogP contribution in [0.3, 0.4) is 0 Å². The van der Waals surface area contributed by atoms with Crippen LogP contribution in [0.2, 0.25) is 0 Å². The molecule has 0 aliphatic carbocycles. The SMILES string of the molecule is COc1ccc(Br)cc1CNC1CCOC1C. The van der Waals surface area contributed by atoms with E-state index < -0.39 is 0 Å². The third-order valence-corrected chi connectivity index (χ3v) is 3.67. The summed E-state index contributed by atoms with van der Waals surface area (Å²) in [5, 5.41) is 3.52. The van der Waals surface area contributed by atoms with Crippen molar-refractivity contribution in [3.05, 3.63) is 28.2 Å². The minimum absolute atomic E-state index is 0.299. The van der Waals surface area contributed by atoms with E-state index in [9.17, 15) is 0 Å². The summed E-state index contributed by atoms with van der Waals surface area (Å²) in [7, 11) is 1.70. The second-order valence-corrected chi connectivity index (χ2v) is 5.22. The van der Waals surface area contributed by atoms with Crippen LogP contribution in [-0.4, -0.2) is 25.9 Å². The molecule has 17 heavy (non-hydrogen) atoms. The maximum atomic E-state index is 5.53. The van der Waals surface area contributed by atoms with Crippen LogP contribution in [0, 0.1) is 0 Å². The molecule has 3 nitrogen and oxygen atoms in total. The average Bonchev–Trinajstić information content (AvgIpc) is 2.72. The Hall–Kier alpha value is -0.580. The van der Waals surface area contributed by atoms with E-state index >= 15 is 0 Å². The van der Waals surface area contributed by atoms with Gasteiger partial charge in [0.1, 0.15) is 5.75 Å². The number of benzene rings is 1. The maximum absolute atomic E-state index is 5.53. The third kappa shape index (κ3) is 3.21. The summed E-state index contributed by atoms with van der Waals surface area (Å²) in [6, 6.07) is 6.50. The van der Waals surface area contributed by atoms with E-state index in [0.29, 0.717) is 12.1 Å². The van der Waals surface area contributed by atoms with Crippen molar-refractivity contribution in [1.82, 2.24) is 5.32 Å². The van der Waals surface area contributed by atoms with Crippen LogP contribution in [-0.2, 0) is 11.3 Å². The molecule has 0 radical (unpaired) electrons. The first-order valence-corrected chi connectivity index (χ1v) is 6.67. The molecule has 2 rings (SSSR count). The van der Waals surface area contributed by atoms with Gasteiger partial charge in [-0.2, -0.15) is 0 Å². The molecule has 1 N–H and O–H groups in total. The predicted octanol–water partition coefficient (Wildman–Crippen LogP) is 2.72. The van der Waals surface area contributed by atoms with Crippen molar-refractivity contribution >= 4 is 15.9 Å². The van der Waals surface area contributed by atoms with Crippen molar-refractivity contribution in [2.75, 3.05) is 13.7 Å². The highest BCUT2D eigenvalue weighted by Gasteiger charge is 2.23. The first-order valence-electron chi connectivity index (χ1n) is 5.88. The quantitative estimate of drug-likeness (QED) is 0.927. The number of methoxy groups -OCH3 is 1. The molecule has 0 spiro atoms. The van der Waals surface area contributed by atoms with Gasteiger partial charge in [0.2, 0.25) is 0 Å². The Kier molecular flexibility index (Phi) is 4.42. The molecular formula is C13H18BrNO2. The lowest BCUT2D eigenvalue weighted by Gasteiger charge is -2.17. The van der Waals surface area contributed by atoms with Gasteiger partial charge in [-0.1, -0.05) is 15.9 Å². The van der Waals surface area contributed by atoms with Crippen LogP contribution in [0.15, 0.2) is 22.7 Å². The predicted molar refractivity (Wildman–Crippen MR) is 71.4 cm³/mol. The monoisotopic (exact) mass is 299 g/mol. The number of hydrogen-bond donors (Lipinski definition) is 1. The lowest BCUT2D eigenvalue weighted by atomic mass is 10.1. The first kappa shape index (κ1) is 12.9. The lowest BCUT2D eigenvalue weighted by Crippen LogP contribution is -2.34. The molecular weight excluding hydrogens is 282 g/mol. The van der Waals surface area contributed by atoms with Gasteiger partial charge in [-0.25, -0.2) is 0 Å². The minimum atomic E-state index is 0.299. The van der Waals surface area contributed by atoms with Gasteiger partial charge in [0.05, 0.1) is 13.2 Å². The van der Waals surface area contributed by atoms with Crippen molar-refractivity contribution in [3.8, 4) is 5.75 Å². The molecule has 0 saturated carbocycles. The van der Waals surface area contributed by atoms with E-state index in [-0.39, 0.29) is 0 Å². The van der Waals surface area contributed by atoms with Gasteiger partial charge in [-0.3, -0.25) is 0 Å². The Bertz CT molecular complexity index is 384. The Balaban J connectivity index is 2.00. The summed E-state index contributed by atoms with van der Waals surface area (Å²) in [6.45, 7) is 3.78. The molecule has 1 heterocycles. The Labute approximate surface area is 111 Å². The zero-order valence-corrected chi connectivity index (χ0v) is 11.8. The number of rotatable bonds is 4.